The van der Waals surface area contributed by atoms with E-state index in [1.165, 1.54) is 24.3 Å². The average Bonchev–Trinajstić information content (AvgIpc) is 2.74. The molecule has 0 unspecified atom stereocenters. The van der Waals surface area contributed by atoms with Crippen LogP contribution in [0.2, 0.25) is 10.0 Å². The molecule has 0 spiro atoms. The highest BCUT2D eigenvalue weighted by Gasteiger charge is 2.16. The van der Waals surface area contributed by atoms with Crippen molar-refractivity contribution < 1.29 is 17.9 Å². The Labute approximate surface area is 197 Å². The summed E-state index contributed by atoms with van der Waals surface area (Å²) in [5.74, 6) is 0.0275. The van der Waals surface area contributed by atoms with Crippen molar-refractivity contribution in [3.8, 4) is 5.75 Å². The van der Waals surface area contributed by atoms with E-state index in [4.69, 9.17) is 27.9 Å². The van der Waals surface area contributed by atoms with Gasteiger partial charge in [0.2, 0.25) is 0 Å². The molecule has 1 amide bonds. The van der Waals surface area contributed by atoms with Gasteiger partial charge in [-0.05, 0) is 73.0 Å². The number of hydrogen-bond donors (Lipinski definition) is 2. The third kappa shape index (κ3) is 6.38. The number of carbonyl (C=O) groups is 1. The van der Waals surface area contributed by atoms with Gasteiger partial charge in [-0.25, -0.2) is 8.42 Å². The Morgan fingerprint density at radius 1 is 0.969 bits per heavy atom. The summed E-state index contributed by atoms with van der Waals surface area (Å²) in [5.41, 5.74) is 3.04. The Balaban J connectivity index is 1.55. The van der Waals surface area contributed by atoms with Crippen molar-refractivity contribution in [3.05, 3.63) is 87.4 Å². The molecule has 0 aliphatic heterocycles. The molecule has 168 valence electrons. The molecule has 0 saturated carbocycles. The fourth-order valence-electron chi connectivity index (χ4n) is 2.82. The van der Waals surface area contributed by atoms with E-state index in [1.54, 1.807) is 24.3 Å². The van der Waals surface area contributed by atoms with Gasteiger partial charge in [-0.15, -0.1) is 0 Å². The average molecular weight is 493 g/mol. The number of amides is 1. The molecule has 0 fully saturated rings. The number of aryl methyl sites for hydroxylation is 2. The number of benzene rings is 3. The first-order valence-corrected chi connectivity index (χ1v) is 11.9. The third-order valence-electron chi connectivity index (χ3n) is 4.63. The first-order chi connectivity index (χ1) is 15.1. The maximum absolute atomic E-state index is 12.7. The molecule has 3 aromatic carbocycles. The molecule has 3 aromatic rings. The van der Waals surface area contributed by atoms with Crippen LogP contribution in [0, 0.1) is 13.8 Å². The van der Waals surface area contributed by atoms with Crippen LogP contribution in [0.25, 0.3) is 0 Å². The predicted octanol–water partition coefficient (Wildman–Crippen LogP) is 5.11. The molecular weight excluding hydrogens is 471 g/mol. The number of halogens is 2. The van der Waals surface area contributed by atoms with Crippen LogP contribution in [0.15, 0.2) is 65.6 Å². The standard InChI is InChI=1S/C23H22Cl2N2O4S/c1-15-3-4-16(2)22(11-15)27-32(29,30)20-9-7-19(8-10-20)31-14-23(28)26-13-17-5-6-18(24)12-21(17)25/h3-12,27H,13-14H2,1-2H3,(H,26,28). The Morgan fingerprint density at radius 3 is 2.38 bits per heavy atom. The molecule has 0 atom stereocenters. The van der Waals surface area contributed by atoms with Gasteiger partial charge in [-0.1, -0.05) is 41.4 Å². The SMILES string of the molecule is Cc1ccc(C)c(NS(=O)(=O)c2ccc(OCC(=O)NCc3ccc(Cl)cc3Cl)cc2)c1. The smallest absolute Gasteiger partial charge is 0.261 e. The third-order valence-corrected chi connectivity index (χ3v) is 6.60. The second-order valence-electron chi connectivity index (χ2n) is 7.20. The molecule has 0 radical (unpaired) electrons. The topological polar surface area (TPSA) is 84.5 Å². The van der Waals surface area contributed by atoms with E-state index in [1.807, 2.05) is 26.0 Å². The molecule has 9 heteroatoms. The zero-order valence-corrected chi connectivity index (χ0v) is 19.8. The normalized spacial score (nSPS) is 11.1. The van der Waals surface area contributed by atoms with E-state index in [0.29, 0.717) is 21.5 Å². The number of hydrogen-bond acceptors (Lipinski definition) is 4. The number of ether oxygens (including phenoxy) is 1. The predicted molar refractivity (Wildman–Crippen MR) is 127 cm³/mol. The molecule has 0 aliphatic rings. The molecule has 0 aromatic heterocycles. The molecule has 6 nitrogen and oxygen atoms in total. The van der Waals surface area contributed by atoms with Crippen LogP contribution in [-0.2, 0) is 21.4 Å². The minimum absolute atomic E-state index is 0.0904. The van der Waals surface area contributed by atoms with E-state index in [9.17, 15) is 13.2 Å². The van der Waals surface area contributed by atoms with E-state index in [-0.39, 0.29) is 24.0 Å². The lowest BCUT2D eigenvalue weighted by molar-refractivity contribution is -0.123. The fourth-order valence-corrected chi connectivity index (χ4v) is 4.42. The van der Waals surface area contributed by atoms with Crippen molar-refractivity contribution in [2.75, 3.05) is 11.3 Å². The van der Waals surface area contributed by atoms with Gasteiger partial charge in [0.15, 0.2) is 6.61 Å². The van der Waals surface area contributed by atoms with Gasteiger partial charge >= 0.3 is 0 Å². The zero-order valence-electron chi connectivity index (χ0n) is 17.5. The maximum atomic E-state index is 12.7. The summed E-state index contributed by atoms with van der Waals surface area (Å²) in [7, 11) is -3.75. The highest BCUT2D eigenvalue weighted by molar-refractivity contribution is 7.92. The Kier molecular flexibility index (Phi) is 7.66. The van der Waals surface area contributed by atoms with Crippen LogP contribution in [0.3, 0.4) is 0 Å². The summed E-state index contributed by atoms with van der Waals surface area (Å²) < 4.78 is 33.4. The Bertz CT molecular complexity index is 1230. The molecule has 3 rings (SSSR count). The van der Waals surface area contributed by atoms with E-state index in [0.717, 1.165) is 16.7 Å². The quantitative estimate of drug-likeness (QED) is 0.457. The molecular formula is C23H22Cl2N2O4S. The van der Waals surface area contributed by atoms with Crippen LogP contribution in [0.4, 0.5) is 5.69 Å². The summed E-state index contributed by atoms with van der Waals surface area (Å²) in [6.07, 6.45) is 0. The number of nitrogens with one attached hydrogen (secondary N) is 2. The van der Waals surface area contributed by atoms with Gasteiger partial charge in [0, 0.05) is 16.6 Å². The number of anilines is 1. The van der Waals surface area contributed by atoms with Gasteiger partial charge in [0.1, 0.15) is 5.75 Å². The fraction of sp³-hybridized carbons (Fsp3) is 0.174. The minimum atomic E-state index is -3.75. The van der Waals surface area contributed by atoms with Gasteiger partial charge in [-0.3, -0.25) is 9.52 Å². The van der Waals surface area contributed by atoms with Crippen LogP contribution in [0.1, 0.15) is 16.7 Å². The van der Waals surface area contributed by atoms with Gasteiger partial charge in [0.05, 0.1) is 10.6 Å². The second kappa shape index (κ2) is 10.3. The molecule has 0 saturated heterocycles. The van der Waals surface area contributed by atoms with Gasteiger partial charge in [-0.2, -0.15) is 0 Å². The van der Waals surface area contributed by atoms with Crippen molar-refractivity contribution in [3.63, 3.8) is 0 Å². The monoisotopic (exact) mass is 492 g/mol. The van der Waals surface area contributed by atoms with Crippen molar-refractivity contribution in [2.24, 2.45) is 0 Å². The number of rotatable bonds is 8. The lowest BCUT2D eigenvalue weighted by Gasteiger charge is -2.12. The lowest BCUT2D eigenvalue weighted by atomic mass is 10.1. The van der Waals surface area contributed by atoms with Gasteiger partial charge < -0.3 is 10.1 Å². The number of carbonyl (C=O) groups excluding carboxylic acids is 1. The molecule has 2 N–H and O–H groups in total. The maximum Gasteiger partial charge on any atom is 0.261 e. The number of sulfonamides is 1. The second-order valence-corrected chi connectivity index (χ2v) is 9.72. The van der Waals surface area contributed by atoms with Crippen molar-refractivity contribution in [1.82, 2.24) is 5.32 Å². The molecule has 0 bridgehead atoms. The molecule has 32 heavy (non-hydrogen) atoms. The van der Waals surface area contributed by atoms with Crippen LogP contribution < -0.4 is 14.8 Å². The summed E-state index contributed by atoms with van der Waals surface area (Å²) in [4.78, 5) is 12.1. The summed E-state index contributed by atoms with van der Waals surface area (Å²) in [6, 6.07) is 16.4. The summed E-state index contributed by atoms with van der Waals surface area (Å²) in [6.45, 7) is 3.74. The minimum Gasteiger partial charge on any atom is -0.484 e. The summed E-state index contributed by atoms with van der Waals surface area (Å²) >= 11 is 11.9. The van der Waals surface area contributed by atoms with Crippen molar-refractivity contribution in [1.29, 1.82) is 0 Å². The zero-order chi connectivity index (χ0) is 23.3. The van der Waals surface area contributed by atoms with Crippen LogP contribution >= 0.6 is 23.2 Å². The first-order valence-electron chi connectivity index (χ1n) is 9.67. The highest BCUT2D eigenvalue weighted by Crippen LogP contribution is 2.23. The van der Waals surface area contributed by atoms with Gasteiger partial charge in [0.25, 0.3) is 15.9 Å². The molecule has 0 heterocycles. The van der Waals surface area contributed by atoms with E-state index < -0.39 is 10.0 Å². The molecule has 0 aliphatic carbocycles. The Hall–Kier alpha value is -2.74. The van der Waals surface area contributed by atoms with Crippen molar-refractivity contribution in [2.45, 2.75) is 25.3 Å². The highest BCUT2D eigenvalue weighted by atomic mass is 35.5. The summed E-state index contributed by atoms with van der Waals surface area (Å²) in [5, 5.41) is 3.68. The largest absolute Gasteiger partial charge is 0.484 e. The van der Waals surface area contributed by atoms with Crippen LogP contribution in [-0.4, -0.2) is 20.9 Å². The van der Waals surface area contributed by atoms with E-state index >= 15 is 0 Å². The van der Waals surface area contributed by atoms with Crippen LogP contribution in [0.5, 0.6) is 5.75 Å². The lowest BCUT2D eigenvalue weighted by Crippen LogP contribution is -2.28. The van der Waals surface area contributed by atoms with Crippen molar-refractivity contribution >= 4 is 44.8 Å². The first kappa shape index (κ1) is 23.9. The van der Waals surface area contributed by atoms with E-state index in [2.05, 4.69) is 10.0 Å². The Morgan fingerprint density at radius 2 is 1.69 bits per heavy atom.